The average molecular weight is 487 g/mol. The summed E-state index contributed by atoms with van der Waals surface area (Å²) in [6.07, 6.45) is 9.00. The minimum absolute atomic E-state index is 0.142. The zero-order valence-electron chi connectivity index (χ0n) is 21.4. The number of hydrogen-bond acceptors (Lipinski definition) is 2. The Hall–Kier alpha value is -4.20. The number of nitrogens with one attached hydrogen (secondary N) is 2. The van der Waals surface area contributed by atoms with Gasteiger partial charge in [-0.2, -0.15) is 0 Å². The van der Waals surface area contributed by atoms with Gasteiger partial charge in [-0.1, -0.05) is 36.4 Å². The highest BCUT2D eigenvalue weighted by Gasteiger charge is 2.24. The monoisotopic (exact) mass is 486 g/mol. The van der Waals surface area contributed by atoms with E-state index in [4.69, 9.17) is 0 Å². The number of anilines is 2. The largest absolute Gasteiger partial charge is 0.348 e. The number of benzene rings is 2. The van der Waals surface area contributed by atoms with Crippen molar-refractivity contribution in [1.29, 1.82) is 0 Å². The molecular weight excluding hydrogens is 452 g/mol. The van der Waals surface area contributed by atoms with Crippen molar-refractivity contribution in [3.05, 3.63) is 96.1 Å². The van der Waals surface area contributed by atoms with Crippen LogP contribution in [0.5, 0.6) is 0 Å². The molecule has 8 heteroatoms. The number of rotatable bonds is 9. The van der Waals surface area contributed by atoms with Crippen LogP contribution in [0.3, 0.4) is 0 Å². The highest BCUT2D eigenvalue weighted by molar-refractivity contribution is 6.02. The number of carbonyl (C=O) groups excluding carboxylic acids is 2. The Morgan fingerprint density at radius 1 is 0.694 bits per heavy atom. The molecule has 0 atom stereocenters. The first-order valence-corrected chi connectivity index (χ1v) is 12.3. The van der Waals surface area contributed by atoms with Crippen LogP contribution in [0.25, 0.3) is 0 Å². The summed E-state index contributed by atoms with van der Waals surface area (Å²) >= 11 is 0. The average Bonchev–Trinajstić information content (AvgIpc) is 3.45. The number of imidazole rings is 2. The summed E-state index contributed by atoms with van der Waals surface area (Å²) in [4.78, 5) is 26.1. The van der Waals surface area contributed by atoms with E-state index in [-0.39, 0.29) is 11.8 Å². The van der Waals surface area contributed by atoms with Gasteiger partial charge in [-0.25, -0.2) is 18.3 Å². The Morgan fingerprint density at radius 3 is 1.47 bits per heavy atom. The smallest absolute Gasteiger partial charge is 0.315 e. The van der Waals surface area contributed by atoms with Gasteiger partial charge in [0.2, 0.25) is 0 Å². The van der Waals surface area contributed by atoms with Crippen molar-refractivity contribution in [2.45, 2.75) is 39.8 Å². The van der Waals surface area contributed by atoms with Gasteiger partial charge in [0, 0.05) is 11.4 Å². The van der Waals surface area contributed by atoms with E-state index in [0.717, 1.165) is 35.6 Å². The Balaban J connectivity index is 1.50. The number of para-hydroxylation sites is 2. The fourth-order valence-electron chi connectivity index (χ4n) is 4.49. The third-order valence-corrected chi connectivity index (χ3v) is 6.44. The van der Waals surface area contributed by atoms with E-state index in [1.807, 2.05) is 120 Å². The molecule has 8 nitrogen and oxygen atoms in total. The topological polar surface area (TPSA) is 75.8 Å². The lowest BCUT2D eigenvalue weighted by molar-refractivity contribution is -0.672. The van der Waals surface area contributed by atoms with Crippen molar-refractivity contribution < 1.29 is 18.7 Å². The molecule has 0 unspecified atom stereocenters. The molecule has 0 aliphatic heterocycles. The Morgan fingerprint density at radius 2 is 1.08 bits per heavy atom. The molecule has 0 saturated carbocycles. The zero-order chi connectivity index (χ0) is 25.7. The van der Waals surface area contributed by atoms with Crippen LogP contribution < -0.4 is 19.8 Å². The predicted octanol–water partition coefficient (Wildman–Crippen LogP) is 3.27. The predicted molar refractivity (Wildman–Crippen MR) is 139 cm³/mol. The highest BCUT2D eigenvalue weighted by atomic mass is 16.2. The second-order valence-electron chi connectivity index (χ2n) is 8.76. The number of hydrogen-bond donors (Lipinski definition) is 2. The van der Waals surface area contributed by atoms with Crippen molar-refractivity contribution >= 4 is 23.2 Å². The summed E-state index contributed by atoms with van der Waals surface area (Å²) in [5.74, 6) is 0.920. The number of aryl methyl sites for hydroxylation is 6. The minimum Gasteiger partial charge on any atom is -0.315 e. The van der Waals surface area contributed by atoms with Crippen molar-refractivity contribution in [2.24, 2.45) is 14.1 Å². The molecule has 186 valence electrons. The number of aromatic nitrogens is 4. The van der Waals surface area contributed by atoms with Gasteiger partial charge in [-0.05, 0) is 49.9 Å². The van der Waals surface area contributed by atoms with Crippen LogP contribution >= 0.6 is 0 Å². The van der Waals surface area contributed by atoms with Crippen LogP contribution in [0, 0.1) is 0 Å². The van der Waals surface area contributed by atoms with Gasteiger partial charge < -0.3 is 10.6 Å². The lowest BCUT2D eigenvalue weighted by atomic mass is 10.0. The Bertz CT molecular complexity index is 1280. The first-order chi connectivity index (χ1) is 17.4. The van der Waals surface area contributed by atoms with Gasteiger partial charge in [0.25, 0.3) is 0 Å². The van der Waals surface area contributed by atoms with Crippen LogP contribution in [0.15, 0.2) is 73.3 Å². The summed E-state index contributed by atoms with van der Waals surface area (Å²) in [7, 11) is 3.74. The first-order valence-electron chi connectivity index (χ1n) is 12.3. The van der Waals surface area contributed by atoms with E-state index in [1.165, 1.54) is 0 Å². The van der Waals surface area contributed by atoms with Crippen molar-refractivity contribution in [1.82, 2.24) is 9.13 Å². The summed E-state index contributed by atoms with van der Waals surface area (Å²) in [6.45, 7) is 5.46. The van der Waals surface area contributed by atoms with Gasteiger partial charge >= 0.3 is 23.5 Å². The van der Waals surface area contributed by atoms with E-state index in [2.05, 4.69) is 10.6 Å². The summed E-state index contributed by atoms with van der Waals surface area (Å²) in [5.41, 5.74) is 3.66. The Labute approximate surface area is 211 Å². The molecule has 2 aromatic heterocycles. The molecule has 2 amide bonds. The van der Waals surface area contributed by atoms with Crippen molar-refractivity contribution in [3.8, 4) is 0 Å². The molecule has 0 aliphatic carbocycles. The molecular formula is C28H34N6O2+2. The quantitative estimate of drug-likeness (QED) is 0.356. The molecule has 0 radical (unpaired) electrons. The van der Waals surface area contributed by atoms with Gasteiger partial charge in [0.15, 0.2) is 0 Å². The number of nitrogens with zero attached hydrogens (tertiary/aromatic N) is 4. The summed E-state index contributed by atoms with van der Waals surface area (Å²) < 4.78 is 7.50. The first kappa shape index (κ1) is 24.9. The lowest BCUT2D eigenvalue weighted by Crippen LogP contribution is -2.38. The standard InChI is InChI=1S/C28H32N6O2/c1-5-33-19-17-31(3)27(33)25(35)29-23-13-9-7-11-21(23)15-16-22-12-8-10-14-24(22)30-26(36)28-32(4)18-20-34(28)6-2/h7-14,17-20H,5-6,15-16H2,1-4H3/p+2. The molecule has 4 aromatic rings. The fraction of sp³-hybridized carbons (Fsp3) is 0.286. The summed E-state index contributed by atoms with van der Waals surface area (Å²) in [6, 6.07) is 15.7. The third-order valence-electron chi connectivity index (χ3n) is 6.44. The van der Waals surface area contributed by atoms with E-state index < -0.39 is 0 Å². The van der Waals surface area contributed by atoms with Crippen LogP contribution in [0.1, 0.15) is 46.2 Å². The third kappa shape index (κ3) is 5.22. The normalized spacial score (nSPS) is 10.9. The molecule has 0 saturated heterocycles. The second-order valence-corrected chi connectivity index (χ2v) is 8.76. The maximum Gasteiger partial charge on any atom is 0.348 e. The number of amides is 2. The SMILES string of the molecule is CCn1cc[n+](C)c1C(=O)Nc1ccccc1CCc1ccccc1NC(=O)c1n(CC)cc[n+]1C. The van der Waals surface area contributed by atoms with Gasteiger partial charge in [0.05, 0.1) is 27.2 Å². The van der Waals surface area contributed by atoms with Crippen LogP contribution in [-0.2, 0) is 40.0 Å². The number of carbonyl (C=O) groups is 2. The molecule has 2 aromatic carbocycles. The van der Waals surface area contributed by atoms with Crippen LogP contribution in [-0.4, -0.2) is 20.9 Å². The highest BCUT2D eigenvalue weighted by Crippen LogP contribution is 2.22. The van der Waals surface area contributed by atoms with Crippen LogP contribution in [0.2, 0.25) is 0 Å². The van der Waals surface area contributed by atoms with Crippen molar-refractivity contribution in [3.63, 3.8) is 0 Å². The molecule has 0 aliphatic rings. The van der Waals surface area contributed by atoms with E-state index >= 15 is 0 Å². The van der Waals surface area contributed by atoms with E-state index in [1.54, 1.807) is 0 Å². The second kappa shape index (κ2) is 11.0. The zero-order valence-corrected chi connectivity index (χ0v) is 21.4. The molecule has 36 heavy (non-hydrogen) atoms. The summed E-state index contributed by atoms with van der Waals surface area (Å²) in [5, 5.41) is 6.19. The van der Waals surface area contributed by atoms with Gasteiger partial charge in [-0.15, -0.1) is 0 Å². The minimum atomic E-state index is -0.142. The van der Waals surface area contributed by atoms with E-state index in [0.29, 0.717) is 24.5 Å². The van der Waals surface area contributed by atoms with Crippen molar-refractivity contribution in [2.75, 3.05) is 10.6 Å². The molecule has 2 N–H and O–H groups in total. The fourth-order valence-corrected chi connectivity index (χ4v) is 4.49. The van der Waals surface area contributed by atoms with E-state index in [9.17, 15) is 9.59 Å². The molecule has 4 rings (SSSR count). The van der Waals surface area contributed by atoms with Gasteiger partial charge in [-0.3, -0.25) is 9.59 Å². The lowest BCUT2D eigenvalue weighted by Gasteiger charge is -2.13. The molecule has 0 fully saturated rings. The van der Waals surface area contributed by atoms with Gasteiger partial charge in [0.1, 0.15) is 24.8 Å². The molecule has 0 spiro atoms. The maximum atomic E-state index is 13.1. The molecule has 0 bridgehead atoms. The Kier molecular flexibility index (Phi) is 7.63. The van der Waals surface area contributed by atoms with Crippen LogP contribution in [0.4, 0.5) is 11.4 Å². The maximum absolute atomic E-state index is 13.1. The molecule has 2 heterocycles.